The largest absolute Gasteiger partial charge is 0.488 e. The molecular formula is C15H19NO4. The summed E-state index contributed by atoms with van der Waals surface area (Å²) in [6, 6.07) is 4.57. The van der Waals surface area contributed by atoms with Gasteiger partial charge in [-0.2, -0.15) is 0 Å². The van der Waals surface area contributed by atoms with Crippen LogP contribution >= 0.6 is 0 Å². The summed E-state index contributed by atoms with van der Waals surface area (Å²) in [6.45, 7) is 0.698. The van der Waals surface area contributed by atoms with Gasteiger partial charge < -0.3 is 20.3 Å². The minimum atomic E-state index is -0.975. The summed E-state index contributed by atoms with van der Waals surface area (Å²) in [7, 11) is 0. The number of benzene rings is 1. The number of ether oxygens (including phenoxy) is 2. The van der Waals surface area contributed by atoms with E-state index >= 15 is 0 Å². The fourth-order valence-corrected chi connectivity index (χ4v) is 2.95. The minimum absolute atomic E-state index is 0.00207. The molecule has 0 amide bonds. The highest BCUT2D eigenvalue weighted by atomic mass is 16.5. The lowest BCUT2D eigenvalue weighted by Crippen LogP contribution is -2.48. The third kappa shape index (κ3) is 2.45. The Morgan fingerprint density at radius 3 is 2.90 bits per heavy atom. The molecule has 5 nitrogen and oxygen atoms in total. The predicted octanol–water partition coefficient (Wildman–Crippen LogP) is 2.45. The lowest BCUT2D eigenvalue weighted by molar-refractivity contribution is -0.153. The molecule has 1 saturated heterocycles. The van der Waals surface area contributed by atoms with Crippen LogP contribution < -0.4 is 10.5 Å². The summed E-state index contributed by atoms with van der Waals surface area (Å²) in [5.41, 5.74) is 6.54. The number of carboxylic acid groups (broad SMARTS) is 1. The van der Waals surface area contributed by atoms with Gasteiger partial charge in [0.25, 0.3) is 0 Å². The van der Waals surface area contributed by atoms with Gasteiger partial charge in [-0.05, 0) is 37.5 Å². The van der Waals surface area contributed by atoms with Crippen LogP contribution in [0.4, 0.5) is 5.69 Å². The number of hydrogen-bond acceptors (Lipinski definition) is 4. The summed E-state index contributed by atoms with van der Waals surface area (Å²) in [5, 5.41) is 9.02. The molecule has 1 unspecified atom stereocenters. The van der Waals surface area contributed by atoms with E-state index in [1.807, 2.05) is 0 Å². The fraction of sp³-hybridized carbons (Fsp3) is 0.533. The van der Waals surface area contributed by atoms with Crippen LogP contribution in [0.15, 0.2) is 18.2 Å². The fourth-order valence-electron chi connectivity index (χ4n) is 2.95. The lowest BCUT2D eigenvalue weighted by atomic mass is 9.74. The molecule has 1 saturated carbocycles. The van der Waals surface area contributed by atoms with E-state index in [-0.39, 0.29) is 17.3 Å². The van der Waals surface area contributed by atoms with Crippen molar-refractivity contribution in [2.45, 2.75) is 43.8 Å². The van der Waals surface area contributed by atoms with Crippen molar-refractivity contribution in [3.8, 4) is 5.75 Å². The first kappa shape index (κ1) is 13.2. The van der Waals surface area contributed by atoms with Gasteiger partial charge in [-0.25, -0.2) is 4.79 Å². The Bertz CT molecular complexity index is 525. The zero-order valence-corrected chi connectivity index (χ0v) is 11.3. The normalized spacial score (nSPS) is 24.1. The van der Waals surface area contributed by atoms with Gasteiger partial charge in [0.1, 0.15) is 11.9 Å². The van der Waals surface area contributed by atoms with Crippen LogP contribution in [-0.2, 0) is 4.74 Å². The molecule has 0 aromatic heterocycles. The zero-order chi connectivity index (χ0) is 14.2. The molecule has 2 aliphatic rings. The average Bonchev–Trinajstić information content (AvgIpc) is 2.39. The maximum Gasteiger partial charge on any atom is 0.335 e. The topological polar surface area (TPSA) is 81.8 Å². The van der Waals surface area contributed by atoms with Crippen molar-refractivity contribution in [1.82, 2.24) is 0 Å². The summed E-state index contributed by atoms with van der Waals surface area (Å²) in [6.07, 6.45) is 5.14. The van der Waals surface area contributed by atoms with Crippen LogP contribution in [0.3, 0.4) is 0 Å². The molecular weight excluding hydrogens is 258 g/mol. The van der Waals surface area contributed by atoms with Crippen LogP contribution in [0.1, 0.15) is 42.5 Å². The molecule has 1 spiro atoms. The second-order valence-corrected chi connectivity index (χ2v) is 5.68. The van der Waals surface area contributed by atoms with Gasteiger partial charge in [-0.1, -0.05) is 0 Å². The quantitative estimate of drug-likeness (QED) is 0.829. The standard InChI is InChI=1S/C15H19NO4/c16-12-3-2-10(14(17)18)8-13(12)20-11-4-7-19-15(9-11)5-1-6-15/h2-3,8,11H,1,4-7,9,16H2,(H,17,18). The number of carboxylic acids is 1. The third-order valence-corrected chi connectivity index (χ3v) is 4.27. The predicted molar refractivity (Wildman–Crippen MR) is 74.0 cm³/mol. The van der Waals surface area contributed by atoms with Gasteiger partial charge in [-0.15, -0.1) is 0 Å². The molecule has 3 N–H and O–H groups in total. The Hall–Kier alpha value is -1.75. The smallest absolute Gasteiger partial charge is 0.335 e. The van der Waals surface area contributed by atoms with Crippen LogP contribution in [0, 0.1) is 0 Å². The van der Waals surface area contributed by atoms with Gasteiger partial charge in [0.05, 0.1) is 23.5 Å². The SMILES string of the molecule is Nc1ccc(C(=O)O)cc1OC1CCOC2(CCC2)C1. The molecule has 108 valence electrons. The number of carbonyl (C=O) groups is 1. The minimum Gasteiger partial charge on any atom is -0.488 e. The van der Waals surface area contributed by atoms with E-state index in [0.717, 1.165) is 25.7 Å². The summed E-state index contributed by atoms with van der Waals surface area (Å²) >= 11 is 0. The Morgan fingerprint density at radius 1 is 1.45 bits per heavy atom. The van der Waals surface area contributed by atoms with Crippen molar-refractivity contribution in [2.75, 3.05) is 12.3 Å². The highest BCUT2D eigenvalue weighted by molar-refractivity contribution is 5.89. The van der Waals surface area contributed by atoms with Gasteiger partial charge in [-0.3, -0.25) is 0 Å². The molecule has 3 rings (SSSR count). The van der Waals surface area contributed by atoms with Gasteiger partial charge in [0.15, 0.2) is 0 Å². The first-order valence-corrected chi connectivity index (χ1v) is 7.01. The summed E-state index contributed by atoms with van der Waals surface area (Å²) < 4.78 is 11.8. The lowest BCUT2D eigenvalue weighted by Gasteiger charge is -2.46. The van der Waals surface area contributed by atoms with E-state index in [2.05, 4.69) is 0 Å². The van der Waals surface area contributed by atoms with Crippen LogP contribution in [-0.4, -0.2) is 29.4 Å². The molecule has 0 radical (unpaired) electrons. The Labute approximate surface area is 117 Å². The van der Waals surface area contributed by atoms with E-state index in [1.54, 1.807) is 6.07 Å². The van der Waals surface area contributed by atoms with E-state index in [9.17, 15) is 4.79 Å². The number of rotatable bonds is 3. The maximum atomic E-state index is 11.0. The summed E-state index contributed by atoms with van der Waals surface area (Å²) in [5.74, 6) is -0.511. The first-order valence-electron chi connectivity index (χ1n) is 7.01. The first-order chi connectivity index (χ1) is 9.58. The van der Waals surface area contributed by atoms with Crippen molar-refractivity contribution in [3.63, 3.8) is 0 Å². The maximum absolute atomic E-state index is 11.0. The molecule has 1 aromatic carbocycles. The van der Waals surface area contributed by atoms with Crippen molar-refractivity contribution < 1.29 is 19.4 Å². The third-order valence-electron chi connectivity index (χ3n) is 4.27. The zero-order valence-electron chi connectivity index (χ0n) is 11.3. The molecule has 1 aliphatic heterocycles. The molecule has 20 heavy (non-hydrogen) atoms. The molecule has 2 fully saturated rings. The Balaban J connectivity index is 1.73. The highest BCUT2D eigenvalue weighted by Gasteiger charge is 2.43. The number of nitrogen functional groups attached to an aromatic ring is 1. The second kappa shape index (κ2) is 4.98. The van der Waals surface area contributed by atoms with E-state index in [1.165, 1.54) is 18.6 Å². The van der Waals surface area contributed by atoms with E-state index in [0.29, 0.717) is 18.0 Å². The Kier molecular flexibility index (Phi) is 3.30. The monoisotopic (exact) mass is 277 g/mol. The molecule has 1 atom stereocenters. The van der Waals surface area contributed by atoms with Gasteiger partial charge in [0.2, 0.25) is 0 Å². The van der Waals surface area contributed by atoms with Crippen molar-refractivity contribution >= 4 is 11.7 Å². The average molecular weight is 277 g/mol. The highest BCUT2D eigenvalue weighted by Crippen LogP contribution is 2.43. The van der Waals surface area contributed by atoms with Crippen LogP contribution in [0.5, 0.6) is 5.75 Å². The van der Waals surface area contributed by atoms with Crippen LogP contribution in [0.25, 0.3) is 0 Å². The number of nitrogens with two attached hydrogens (primary N) is 1. The van der Waals surface area contributed by atoms with Crippen LogP contribution in [0.2, 0.25) is 0 Å². The van der Waals surface area contributed by atoms with Crippen molar-refractivity contribution in [2.24, 2.45) is 0 Å². The molecule has 0 bridgehead atoms. The van der Waals surface area contributed by atoms with Gasteiger partial charge >= 0.3 is 5.97 Å². The van der Waals surface area contributed by atoms with Crippen molar-refractivity contribution in [1.29, 1.82) is 0 Å². The van der Waals surface area contributed by atoms with E-state index < -0.39 is 5.97 Å². The Morgan fingerprint density at radius 2 is 2.25 bits per heavy atom. The molecule has 1 heterocycles. The molecule has 5 heteroatoms. The molecule has 1 aliphatic carbocycles. The van der Waals surface area contributed by atoms with Gasteiger partial charge in [0, 0.05) is 12.8 Å². The van der Waals surface area contributed by atoms with E-state index in [4.69, 9.17) is 20.3 Å². The van der Waals surface area contributed by atoms with Crippen molar-refractivity contribution in [3.05, 3.63) is 23.8 Å². The molecule has 1 aromatic rings. The number of anilines is 1. The number of hydrogen-bond donors (Lipinski definition) is 2. The second-order valence-electron chi connectivity index (χ2n) is 5.68. The number of aromatic carboxylic acids is 1. The summed E-state index contributed by atoms with van der Waals surface area (Å²) in [4.78, 5) is 11.0.